The van der Waals surface area contributed by atoms with Crippen molar-refractivity contribution in [3.63, 3.8) is 0 Å². The molecule has 2 unspecified atom stereocenters. The molecular formula is C36H50O6S2. The molecule has 2 aromatic rings. The highest BCUT2D eigenvalue weighted by Gasteiger charge is 2.37. The van der Waals surface area contributed by atoms with Gasteiger partial charge in [0.1, 0.15) is 23.0 Å². The summed E-state index contributed by atoms with van der Waals surface area (Å²) in [6, 6.07) is 12.7. The van der Waals surface area contributed by atoms with Crippen molar-refractivity contribution in [1.29, 1.82) is 0 Å². The fourth-order valence-electron chi connectivity index (χ4n) is 6.16. The van der Waals surface area contributed by atoms with Gasteiger partial charge in [0, 0.05) is 23.3 Å². The van der Waals surface area contributed by atoms with E-state index in [4.69, 9.17) is 28.4 Å². The van der Waals surface area contributed by atoms with Crippen LogP contribution in [0.3, 0.4) is 0 Å². The molecule has 0 N–H and O–H groups in total. The van der Waals surface area contributed by atoms with Crippen molar-refractivity contribution in [2.45, 2.75) is 79.1 Å². The van der Waals surface area contributed by atoms with Gasteiger partial charge in [-0.2, -0.15) is 0 Å². The van der Waals surface area contributed by atoms with Gasteiger partial charge in [0.2, 0.25) is 0 Å². The second-order valence-electron chi connectivity index (χ2n) is 10.5. The number of ether oxygens (including phenoxy) is 6. The fraction of sp³-hybridized carbons (Fsp3) is 0.556. The van der Waals surface area contributed by atoms with E-state index in [-0.39, 0.29) is 11.8 Å². The third-order valence-electron chi connectivity index (χ3n) is 7.70. The number of benzene rings is 2. The van der Waals surface area contributed by atoms with Crippen LogP contribution >= 0.6 is 21.6 Å². The smallest absolute Gasteiger partial charge is 0.168 e. The molecule has 2 atom stereocenters. The van der Waals surface area contributed by atoms with Crippen molar-refractivity contribution in [3.05, 3.63) is 70.2 Å². The SMILES string of the molecule is CCOC1=C(OCC)C(CCCSSCCCC2C(OCC)=C(OCC)c3c(OCC)cccc32)c2cccc(OCC)c21. The van der Waals surface area contributed by atoms with Crippen LogP contribution in [-0.2, 0) is 18.9 Å². The van der Waals surface area contributed by atoms with Gasteiger partial charge >= 0.3 is 0 Å². The van der Waals surface area contributed by atoms with Crippen LogP contribution in [0.4, 0.5) is 0 Å². The molecule has 6 nitrogen and oxygen atoms in total. The molecule has 8 heteroatoms. The summed E-state index contributed by atoms with van der Waals surface area (Å²) in [6.45, 7) is 15.8. The number of rotatable bonds is 21. The normalized spacial score (nSPS) is 17.0. The van der Waals surface area contributed by atoms with E-state index < -0.39 is 0 Å². The summed E-state index contributed by atoms with van der Waals surface area (Å²) in [5, 5.41) is 0. The molecule has 0 amide bonds. The molecule has 0 spiro atoms. The Morgan fingerprint density at radius 2 is 0.886 bits per heavy atom. The van der Waals surface area contributed by atoms with E-state index in [2.05, 4.69) is 24.3 Å². The molecule has 0 aromatic heterocycles. The summed E-state index contributed by atoms with van der Waals surface area (Å²) >= 11 is 0. The van der Waals surface area contributed by atoms with Gasteiger partial charge in [-0.25, -0.2) is 0 Å². The number of hydrogen-bond acceptors (Lipinski definition) is 8. The summed E-state index contributed by atoms with van der Waals surface area (Å²) in [5.74, 6) is 7.98. The van der Waals surface area contributed by atoms with Crippen LogP contribution in [0.5, 0.6) is 11.5 Å². The van der Waals surface area contributed by atoms with Crippen molar-refractivity contribution in [1.82, 2.24) is 0 Å². The number of fused-ring (bicyclic) bond motifs is 2. The standard InChI is InChI=1S/C36H50O6S2/c1-7-37-29-21-13-17-25-27(33(39-9-3)35(31(25)29)41-11-5)19-15-23-43-44-24-16-20-28-26-18-14-22-30(38-8-2)32(26)36(42-12-6)34(28)40-10-4/h13-14,17-18,21-22,27-28H,7-12,15-16,19-20,23-24H2,1-6H3. The monoisotopic (exact) mass is 642 g/mol. The zero-order chi connectivity index (χ0) is 31.3. The molecule has 0 saturated heterocycles. The van der Waals surface area contributed by atoms with Crippen LogP contribution in [0.1, 0.15) is 101 Å². The van der Waals surface area contributed by atoms with E-state index in [0.717, 1.165) is 82.9 Å². The lowest BCUT2D eigenvalue weighted by Crippen LogP contribution is -2.04. The highest BCUT2D eigenvalue weighted by molar-refractivity contribution is 8.76. The Bertz CT molecular complexity index is 1180. The van der Waals surface area contributed by atoms with Crippen molar-refractivity contribution in [3.8, 4) is 11.5 Å². The number of allylic oxidation sites excluding steroid dienone is 2. The van der Waals surface area contributed by atoms with Gasteiger partial charge in [-0.05, 0) is 90.5 Å². The van der Waals surface area contributed by atoms with Crippen LogP contribution in [0.25, 0.3) is 11.5 Å². The average molecular weight is 643 g/mol. The third-order valence-corrected chi connectivity index (χ3v) is 10.3. The van der Waals surface area contributed by atoms with E-state index in [0.29, 0.717) is 39.6 Å². The molecule has 2 aliphatic carbocycles. The maximum atomic E-state index is 6.21. The molecule has 242 valence electrons. The Kier molecular flexibility index (Phi) is 13.9. The van der Waals surface area contributed by atoms with Gasteiger partial charge in [-0.3, -0.25) is 0 Å². The molecule has 0 aliphatic heterocycles. The van der Waals surface area contributed by atoms with Crippen molar-refractivity contribution in [2.24, 2.45) is 0 Å². The predicted octanol–water partition coefficient (Wildman–Crippen LogP) is 9.80. The van der Waals surface area contributed by atoms with Crippen LogP contribution in [0, 0.1) is 0 Å². The largest absolute Gasteiger partial charge is 0.494 e. The lowest BCUT2D eigenvalue weighted by Gasteiger charge is -2.17. The van der Waals surface area contributed by atoms with Gasteiger partial charge < -0.3 is 28.4 Å². The lowest BCUT2D eigenvalue weighted by atomic mass is 9.95. The van der Waals surface area contributed by atoms with E-state index in [1.165, 1.54) is 11.1 Å². The first-order chi connectivity index (χ1) is 21.6. The van der Waals surface area contributed by atoms with E-state index in [1.807, 2.05) is 75.3 Å². The number of hydrogen-bond donors (Lipinski definition) is 0. The molecule has 0 bridgehead atoms. The second kappa shape index (κ2) is 17.8. The topological polar surface area (TPSA) is 55.4 Å². The summed E-state index contributed by atoms with van der Waals surface area (Å²) in [7, 11) is 3.94. The molecule has 4 rings (SSSR count). The van der Waals surface area contributed by atoms with Crippen LogP contribution < -0.4 is 9.47 Å². The third kappa shape index (κ3) is 7.79. The van der Waals surface area contributed by atoms with Crippen LogP contribution in [-0.4, -0.2) is 51.1 Å². The van der Waals surface area contributed by atoms with Gasteiger partial charge in [-0.1, -0.05) is 45.9 Å². The maximum Gasteiger partial charge on any atom is 0.168 e. The minimum Gasteiger partial charge on any atom is -0.494 e. The highest BCUT2D eigenvalue weighted by atomic mass is 33.1. The Labute approximate surface area is 272 Å². The van der Waals surface area contributed by atoms with Crippen LogP contribution in [0.2, 0.25) is 0 Å². The summed E-state index contributed by atoms with van der Waals surface area (Å²) in [6.07, 6.45) is 4.24. The van der Waals surface area contributed by atoms with E-state index in [1.54, 1.807) is 0 Å². The first-order valence-corrected chi connectivity index (χ1v) is 18.9. The quantitative estimate of drug-likeness (QED) is 0.0985. The molecule has 0 heterocycles. The maximum absolute atomic E-state index is 6.21. The molecule has 2 aromatic carbocycles. The Balaban J connectivity index is 1.32. The predicted molar refractivity (Wildman–Crippen MR) is 184 cm³/mol. The van der Waals surface area contributed by atoms with Gasteiger partial charge in [0.05, 0.1) is 50.8 Å². The van der Waals surface area contributed by atoms with Gasteiger partial charge in [0.15, 0.2) is 11.5 Å². The Morgan fingerprint density at radius 3 is 1.25 bits per heavy atom. The van der Waals surface area contributed by atoms with Gasteiger partial charge in [0.25, 0.3) is 0 Å². The minimum absolute atomic E-state index is 0.199. The Hall–Kier alpha value is -2.58. The molecule has 0 radical (unpaired) electrons. The van der Waals surface area contributed by atoms with E-state index in [9.17, 15) is 0 Å². The second-order valence-corrected chi connectivity index (χ2v) is 13.2. The van der Waals surface area contributed by atoms with Crippen molar-refractivity contribution < 1.29 is 28.4 Å². The van der Waals surface area contributed by atoms with Crippen molar-refractivity contribution in [2.75, 3.05) is 51.1 Å². The summed E-state index contributed by atoms with van der Waals surface area (Å²) in [4.78, 5) is 0. The first-order valence-electron chi connectivity index (χ1n) is 16.4. The van der Waals surface area contributed by atoms with Crippen LogP contribution in [0.15, 0.2) is 47.9 Å². The lowest BCUT2D eigenvalue weighted by molar-refractivity contribution is 0.191. The average Bonchev–Trinajstić information content (AvgIpc) is 3.48. The molecule has 0 saturated carbocycles. The first kappa shape index (κ1) is 34.3. The van der Waals surface area contributed by atoms with Gasteiger partial charge in [-0.15, -0.1) is 0 Å². The molecule has 44 heavy (non-hydrogen) atoms. The van der Waals surface area contributed by atoms with E-state index >= 15 is 0 Å². The zero-order valence-corrected chi connectivity index (χ0v) is 29.0. The van der Waals surface area contributed by atoms with Crippen molar-refractivity contribution >= 4 is 33.1 Å². The fourth-order valence-corrected chi connectivity index (χ4v) is 8.38. The highest BCUT2D eigenvalue weighted by Crippen LogP contribution is 2.50. The Morgan fingerprint density at radius 1 is 0.500 bits per heavy atom. The summed E-state index contributed by atoms with van der Waals surface area (Å²) < 4.78 is 36.7. The summed E-state index contributed by atoms with van der Waals surface area (Å²) in [5.41, 5.74) is 4.66. The minimum atomic E-state index is 0.199. The molecule has 0 fully saturated rings. The molecular weight excluding hydrogens is 593 g/mol. The zero-order valence-electron chi connectivity index (χ0n) is 27.4. The molecule has 2 aliphatic rings.